The van der Waals surface area contributed by atoms with Gasteiger partial charge in [0.2, 0.25) is 0 Å². The number of hydrogen-bond donors (Lipinski definition) is 4. The molecule has 1 aliphatic heterocycles. The van der Waals surface area contributed by atoms with Crippen LogP contribution in [-0.2, 0) is 14.2 Å². The van der Waals surface area contributed by atoms with Gasteiger partial charge in [-0.15, -0.1) is 0 Å². The molecule has 11 nitrogen and oxygen atoms in total. The molecule has 4 aromatic rings. The molecule has 0 amide bonds. The summed E-state index contributed by atoms with van der Waals surface area (Å²) >= 11 is 0. The molecule has 72 heavy (non-hydrogen) atoms. The van der Waals surface area contributed by atoms with Crippen molar-refractivity contribution in [1.29, 1.82) is 0 Å². The predicted molar refractivity (Wildman–Crippen MR) is 294 cm³/mol. The highest BCUT2D eigenvalue weighted by Crippen LogP contribution is 2.27. The summed E-state index contributed by atoms with van der Waals surface area (Å²) in [5.74, 6) is 3.59. The van der Waals surface area contributed by atoms with Gasteiger partial charge in [-0.05, 0) is 167 Å². The van der Waals surface area contributed by atoms with Crippen molar-refractivity contribution in [2.45, 2.75) is 161 Å². The van der Waals surface area contributed by atoms with Crippen molar-refractivity contribution in [2.24, 2.45) is 0 Å². The van der Waals surface area contributed by atoms with E-state index in [0.29, 0.717) is 19.3 Å². The Hall–Kier alpha value is -4.14. The van der Waals surface area contributed by atoms with Gasteiger partial charge in [-0.1, -0.05) is 95.0 Å². The van der Waals surface area contributed by atoms with Gasteiger partial charge >= 0.3 is 0 Å². The van der Waals surface area contributed by atoms with Gasteiger partial charge in [-0.25, -0.2) is 0 Å². The Morgan fingerprint density at radius 1 is 0.403 bits per heavy atom. The second kappa shape index (κ2) is 43.3. The normalized spacial score (nSPS) is 13.3. The molecule has 1 heterocycles. The minimum Gasteiger partial charge on any atom is -0.494 e. The zero-order chi connectivity index (χ0) is 50.8. The summed E-state index contributed by atoms with van der Waals surface area (Å²) in [7, 11) is 0. The first-order chi connectivity index (χ1) is 34.9. The summed E-state index contributed by atoms with van der Waals surface area (Å²) in [6.45, 7) is 12.8. The molecule has 1 aliphatic rings. The lowest BCUT2D eigenvalue weighted by Gasteiger charge is -2.10. The summed E-state index contributed by atoms with van der Waals surface area (Å²) < 4.78 is 39.1. The molecule has 3 unspecified atom stereocenters. The minimum absolute atomic E-state index is 0. The van der Waals surface area contributed by atoms with Crippen LogP contribution in [0.15, 0.2) is 97.1 Å². The number of rotatable bonds is 39. The molecular weight excluding hydrogens is 907 g/mol. The Bertz CT molecular complexity index is 1660. The molecule has 0 saturated carbocycles. The Labute approximate surface area is 436 Å². The number of ether oxygens (including phenoxy) is 7. The molecule has 4 N–H and O–H groups in total. The third kappa shape index (κ3) is 32.1. The number of epoxide rings is 1. The van der Waals surface area contributed by atoms with Crippen LogP contribution in [0.2, 0.25) is 0 Å². The van der Waals surface area contributed by atoms with Crippen LogP contribution in [0.4, 0.5) is 0 Å². The summed E-state index contributed by atoms with van der Waals surface area (Å²) in [5, 5.41) is 36.4. The first-order valence-electron chi connectivity index (χ1n) is 27.2. The van der Waals surface area contributed by atoms with E-state index >= 15 is 0 Å². The molecule has 0 spiro atoms. The second-order valence-electron chi connectivity index (χ2n) is 18.2. The van der Waals surface area contributed by atoms with Crippen molar-refractivity contribution in [3.63, 3.8) is 0 Å². The van der Waals surface area contributed by atoms with Gasteiger partial charge in [-0.2, -0.15) is 0 Å². The maximum atomic E-state index is 9.46. The van der Waals surface area contributed by atoms with Gasteiger partial charge in [-0.3, -0.25) is 0 Å². The van der Waals surface area contributed by atoms with Crippen molar-refractivity contribution in [2.75, 3.05) is 72.7 Å². The molecule has 5 rings (SSSR count). The fourth-order valence-corrected chi connectivity index (χ4v) is 7.17. The predicted octanol–water partition coefficient (Wildman–Crippen LogP) is 12.4. The topological polar surface area (TPSA) is 149 Å². The van der Waals surface area contributed by atoms with E-state index in [0.717, 1.165) is 207 Å². The molecule has 0 aliphatic carbocycles. The third-order valence-corrected chi connectivity index (χ3v) is 12.1. The van der Waals surface area contributed by atoms with E-state index in [2.05, 4.69) is 55.5 Å². The van der Waals surface area contributed by atoms with Crippen LogP contribution in [0.1, 0.15) is 143 Å². The molecule has 1 saturated heterocycles. The first kappa shape index (κ1) is 64.0. The van der Waals surface area contributed by atoms with E-state index in [1.54, 1.807) is 0 Å². The van der Waals surface area contributed by atoms with Gasteiger partial charge in [0, 0.05) is 34.8 Å². The number of aliphatic hydroxyl groups is 4. The van der Waals surface area contributed by atoms with Crippen LogP contribution >= 0.6 is 0 Å². The average molecular weight is 1000 g/mol. The zero-order valence-corrected chi connectivity index (χ0v) is 44.4. The molecule has 4 aromatic carbocycles. The fourth-order valence-electron chi connectivity index (χ4n) is 7.17. The quantitative estimate of drug-likeness (QED) is 0.0192. The summed E-state index contributed by atoms with van der Waals surface area (Å²) in [5.41, 5.74) is 4.63. The Morgan fingerprint density at radius 3 is 0.861 bits per heavy atom. The largest absolute Gasteiger partial charge is 0.494 e. The van der Waals surface area contributed by atoms with E-state index in [9.17, 15) is 10.2 Å². The second-order valence-corrected chi connectivity index (χ2v) is 18.2. The molecule has 1 fully saturated rings. The highest BCUT2D eigenvalue weighted by Gasteiger charge is 2.18. The van der Waals surface area contributed by atoms with Crippen molar-refractivity contribution in [1.82, 2.24) is 0 Å². The highest BCUT2D eigenvalue weighted by atomic mass is 16.6. The lowest BCUT2D eigenvalue weighted by Crippen LogP contribution is -2.14. The summed E-state index contributed by atoms with van der Waals surface area (Å²) in [6.07, 6.45) is 19.3. The Balaban J connectivity index is 0.000000458. The molecule has 3 radical (unpaired) electrons. The van der Waals surface area contributed by atoms with E-state index in [1.165, 1.54) is 6.42 Å². The van der Waals surface area contributed by atoms with Gasteiger partial charge in [0.05, 0.1) is 64.6 Å². The Kier molecular flexibility index (Phi) is 38.5. The van der Waals surface area contributed by atoms with Gasteiger partial charge in [0.15, 0.2) is 0 Å². The maximum Gasteiger partial charge on any atom is 0.119 e. The molecule has 3 atom stereocenters. The van der Waals surface area contributed by atoms with Crippen LogP contribution < -0.4 is 18.9 Å². The standard InChI is InChI=1S/C32H50O6.C24H34O4.C4H8O.B/c1-3-29(33)25-35-21-9-5-7-11-23-37-31-17-13-27(14-18-31)28-15-19-32(20-16-28)38-24-12-8-6-10-22-36-26-30(34)4-2;25-17-5-1-3-7-19-27-23-13-9-21(10-14-23)22-11-15-24(16-12-22)28-20-8-4-2-6-18-26;1-2-4-3-5-4;/h13-20,29-30,33-34H,3-12,21-26H2,1-2H3;9-16,25-26H,1-8,17-20H2;4H,2-3H2,1H3;. The summed E-state index contributed by atoms with van der Waals surface area (Å²) in [6, 6.07) is 32.9. The molecule has 0 bridgehead atoms. The maximum absolute atomic E-state index is 9.46. The number of benzene rings is 4. The van der Waals surface area contributed by atoms with Crippen LogP contribution in [0.3, 0.4) is 0 Å². The number of hydrogen-bond acceptors (Lipinski definition) is 11. The van der Waals surface area contributed by atoms with Gasteiger partial charge < -0.3 is 53.6 Å². The first-order valence-corrected chi connectivity index (χ1v) is 27.2. The zero-order valence-electron chi connectivity index (χ0n) is 44.4. The minimum atomic E-state index is -0.335. The highest BCUT2D eigenvalue weighted by molar-refractivity contribution is 5.75. The van der Waals surface area contributed by atoms with Crippen LogP contribution in [0, 0.1) is 0 Å². The van der Waals surface area contributed by atoms with Crippen molar-refractivity contribution in [3.05, 3.63) is 97.1 Å². The lowest BCUT2D eigenvalue weighted by atomic mass is 10.1. The molecule has 401 valence electrons. The van der Waals surface area contributed by atoms with Gasteiger partial charge in [0.1, 0.15) is 23.0 Å². The van der Waals surface area contributed by atoms with E-state index < -0.39 is 0 Å². The summed E-state index contributed by atoms with van der Waals surface area (Å²) in [4.78, 5) is 0. The number of aliphatic hydroxyl groups excluding tert-OH is 4. The fraction of sp³-hybridized carbons (Fsp3) is 0.600. The Morgan fingerprint density at radius 2 is 0.653 bits per heavy atom. The van der Waals surface area contributed by atoms with Crippen LogP contribution in [-0.4, -0.2) is 120 Å². The van der Waals surface area contributed by atoms with Crippen LogP contribution in [0.5, 0.6) is 23.0 Å². The molecule has 12 heteroatoms. The van der Waals surface area contributed by atoms with Crippen LogP contribution in [0.25, 0.3) is 22.3 Å². The number of unbranched alkanes of at least 4 members (excludes halogenated alkanes) is 12. The third-order valence-electron chi connectivity index (χ3n) is 12.1. The smallest absolute Gasteiger partial charge is 0.119 e. The molecule has 0 aromatic heterocycles. The SMILES string of the molecule is CCC(O)COCCCCCCOc1ccc(-c2ccc(OCCCCCCOCC(O)CC)cc2)cc1.CCC1CO1.OCCCCCCOc1ccc(-c2ccc(OCCCCCCO)cc2)cc1.[B]. The van der Waals surface area contributed by atoms with Gasteiger partial charge in [0.25, 0.3) is 0 Å². The molecular formula is C60H92BO11. The van der Waals surface area contributed by atoms with E-state index in [-0.39, 0.29) is 33.8 Å². The average Bonchev–Trinajstić information content (AvgIpc) is 4.26. The van der Waals surface area contributed by atoms with Crippen molar-refractivity contribution < 1.29 is 53.6 Å². The van der Waals surface area contributed by atoms with Crippen molar-refractivity contribution in [3.8, 4) is 45.3 Å². The van der Waals surface area contributed by atoms with Crippen molar-refractivity contribution >= 4 is 8.41 Å². The monoisotopic (exact) mass is 1000 g/mol. The van der Waals surface area contributed by atoms with E-state index in [1.807, 2.05) is 62.4 Å². The van der Waals surface area contributed by atoms with E-state index in [4.69, 9.17) is 43.4 Å². The lowest BCUT2D eigenvalue weighted by molar-refractivity contribution is 0.0334.